The fraction of sp³-hybridized carbons (Fsp3) is 0.471. The highest BCUT2D eigenvalue weighted by Gasteiger charge is 2.21. The van der Waals surface area contributed by atoms with Crippen LogP contribution in [0.1, 0.15) is 37.4 Å². The van der Waals surface area contributed by atoms with Crippen LogP contribution in [0, 0.1) is 0 Å². The maximum absolute atomic E-state index is 11.5. The number of carbonyl (C=O) groups is 1. The molecule has 1 aromatic heterocycles. The first-order valence-electron chi connectivity index (χ1n) is 7.66. The van der Waals surface area contributed by atoms with Crippen molar-refractivity contribution in [1.29, 1.82) is 0 Å². The smallest absolute Gasteiger partial charge is 0.305 e. The Morgan fingerprint density at radius 2 is 2.24 bits per heavy atom. The number of nitrogens with zero attached hydrogens (tertiary/aromatic N) is 1. The minimum Gasteiger partial charge on any atom is -0.466 e. The Balaban J connectivity index is 1.83. The van der Waals surface area contributed by atoms with Gasteiger partial charge >= 0.3 is 5.97 Å². The lowest BCUT2D eigenvalue weighted by Gasteiger charge is -2.09. The lowest BCUT2D eigenvalue weighted by molar-refractivity contribution is -0.143. The summed E-state index contributed by atoms with van der Waals surface area (Å²) in [5.74, 6) is -0.0895. The van der Waals surface area contributed by atoms with Gasteiger partial charge in [0.25, 0.3) is 0 Å². The number of rotatable bonds is 5. The van der Waals surface area contributed by atoms with Gasteiger partial charge in [-0.15, -0.1) is 0 Å². The molecule has 112 valence electrons. The van der Waals surface area contributed by atoms with Gasteiger partial charge in [0.1, 0.15) is 0 Å². The first-order valence-corrected chi connectivity index (χ1v) is 8.45. The Morgan fingerprint density at radius 1 is 1.38 bits per heavy atom. The van der Waals surface area contributed by atoms with Gasteiger partial charge in [0.2, 0.25) is 0 Å². The van der Waals surface area contributed by atoms with Gasteiger partial charge < -0.3 is 9.30 Å². The second-order valence-electron chi connectivity index (χ2n) is 5.50. The number of carbonyl (C=O) groups excluding carboxylic acids is 1. The zero-order valence-corrected chi connectivity index (χ0v) is 13.9. The molecule has 1 aliphatic carbocycles. The predicted molar refractivity (Wildman–Crippen MR) is 87.5 cm³/mol. The number of halogens is 1. The summed E-state index contributed by atoms with van der Waals surface area (Å²) in [5.41, 5.74) is 4.26. The van der Waals surface area contributed by atoms with E-state index in [1.54, 1.807) is 0 Å². The molecule has 0 aliphatic heterocycles. The molecule has 4 heteroatoms. The van der Waals surface area contributed by atoms with Crippen molar-refractivity contribution in [2.75, 3.05) is 6.61 Å². The third-order valence-electron chi connectivity index (χ3n) is 4.16. The van der Waals surface area contributed by atoms with Crippen molar-refractivity contribution in [3.63, 3.8) is 0 Å². The monoisotopic (exact) mass is 349 g/mol. The normalized spacial score (nSPS) is 13.6. The maximum Gasteiger partial charge on any atom is 0.305 e. The van der Waals surface area contributed by atoms with Crippen molar-refractivity contribution < 1.29 is 9.53 Å². The molecule has 21 heavy (non-hydrogen) atoms. The summed E-state index contributed by atoms with van der Waals surface area (Å²) in [6.07, 6.45) is 4.91. The molecule has 0 bridgehead atoms. The molecular formula is C17H20BrNO2. The molecule has 1 aromatic carbocycles. The molecule has 0 N–H and O–H groups in total. The van der Waals surface area contributed by atoms with Crippen molar-refractivity contribution in [2.24, 2.45) is 0 Å². The van der Waals surface area contributed by atoms with Crippen LogP contribution in [0.2, 0.25) is 0 Å². The van der Waals surface area contributed by atoms with E-state index in [2.05, 4.69) is 38.7 Å². The van der Waals surface area contributed by atoms with Crippen molar-refractivity contribution in [3.8, 4) is 0 Å². The van der Waals surface area contributed by atoms with E-state index in [9.17, 15) is 4.79 Å². The fourth-order valence-corrected chi connectivity index (χ4v) is 3.68. The Hall–Kier alpha value is -1.29. The van der Waals surface area contributed by atoms with Gasteiger partial charge in [0.05, 0.1) is 6.61 Å². The molecule has 0 radical (unpaired) electrons. The molecule has 0 fully saturated rings. The third kappa shape index (κ3) is 2.86. The van der Waals surface area contributed by atoms with E-state index in [1.807, 2.05) is 6.92 Å². The summed E-state index contributed by atoms with van der Waals surface area (Å²) in [4.78, 5) is 11.5. The molecule has 0 saturated carbocycles. The highest BCUT2D eigenvalue weighted by molar-refractivity contribution is 9.10. The molecule has 0 atom stereocenters. The van der Waals surface area contributed by atoms with Gasteiger partial charge in [-0.3, -0.25) is 4.79 Å². The molecule has 2 aromatic rings. The van der Waals surface area contributed by atoms with E-state index in [1.165, 1.54) is 35.0 Å². The average molecular weight is 350 g/mol. The van der Waals surface area contributed by atoms with E-state index >= 15 is 0 Å². The molecule has 3 rings (SSSR count). The number of ether oxygens (including phenoxy) is 1. The zero-order valence-electron chi connectivity index (χ0n) is 12.3. The first-order chi connectivity index (χ1) is 10.2. The average Bonchev–Trinajstić information content (AvgIpc) is 3.02. The van der Waals surface area contributed by atoms with Crippen LogP contribution in [0.4, 0.5) is 0 Å². The summed E-state index contributed by atoms with van der Waals surface area (Å²) >= 11 is 3.57. The predicted octanol–water partition coefficient (Wildman–Crippen LogP) is 4.24. The number of fused-ring (bicyclic) bond motifs is 3. The Labute approximate surface area is 133 Å². The SMILES string of the molecule is CCOC(=O)CCCn1c2c(c3cc(Br)ccc31)CCC2. The molecule has 3 nitrogen and oxygen atoms in total. The number of hydrogen-bond donors (Lipinski definition) is 0. The van der Waals surface area contributed by atoms with Crippen molar-refractivity contribution >= 4 is 32.8 Å². The Bertz CT molecular complexity index is 675. The topological polar surface area (TPSA) is 31.2 Å². The maximum atomic E-state index is 11.5. The lowest BCUT2D eigenvalue weighted by Crippen LogP contribution is -2.07. The standard InChI is InChI=1S/C17H20BrNO2/c1-2-21-17(20)7-4-10-19-15-6-3-5-13(15)14-11-12(18)8-9-16(14)19/h8-9,11H,2-7,10H2,1H3. The van der Waals surface area contributed by atoms with Crippen LogP contribution in [0.25, 0.3) is 10.9 Å². The van der Waals surface area contributed by atoms with Gasteiger partial charge in [-0.05, 0) is 56.4 Å². The van der Waals surface area contributed by atoms with E-state index in [0.717, 1.165) is 23.9 Å². The second kappa shape index (κ2) is 6.22. The molecule has 0 saturated heterocycles. The van der Waals surface area contributed by atoms with Crippen LogP contribution in [-0.4, -0.2) is 17.1 Å². The molecule has 0 amide bonds. The van der Waals surface area contributed by atoms with Crippen molar-refractivity contribution in [3.05, 3.63) is 33.9 Å². The van der Waals surface area contributed by atoms with Gasteiger partial charge in [-0.25, -0.2) is 0 Å². The number of aryl methyl sites for hydroxylation is 2. The minimum absolute atomic E-state index is 0.0895. The minimum atomic E-state index is -0.0895. The first kappa shape index (κ1) is 14.6. The quantitative estimate of drug-likeness (QED) is 0.756. The number of hydrogen-bond acceptors (Lipinski definition) is 2. The summed E-state index contributed by atoms with van der Waals surface area (Å²) < 4.78 is 8.54. The summed E-state index contributed by atoms with van der Waals surface area (Å²) in [7, 11) is 0. The second-order valence-corrected chi connectivity index (χ2v) is 6.42. The Kier molecular flexibility index (Phi) is 4.34. The van der Waals surface area contributed by atoms with Gasteiger partial charge in [0.15, 0.2) is 0 Å². The lowest BCUT2D eigenvalue weighted by atomic mass is 10.1. The molecule has 1 heterocycles. The number of esters is 1. The number of aromatic nitrogens is 1. The largest absolute Gasteiger partial charge is 0.466 e. The van der Waals surface area contributed by atoms with Gasteiger partial charge in [0, 0.05) is 34.0 Å². The van der Waals surface area contributed by atoms with Crippen LogP contribution in [0.5, 0.6) is 0 Å². The number of benzene rings is 1. The van der Waals surface area contributed by atoms with E-state index in [4.69, 9.17) is 4.74 Å². The summed E-state index contributed by atoms with van der Waals surface area (Å²) in [6, 6.07) is 6.50. The molecule has 0 unspecified atom stereocenters. The van der Waals surface area contributed by atoms with Crippen LogP contribution in [0.3, 0.4) is 0 Å². The highest BCUT2D eigenvalue weighted by Crippen LogP contribution is 2.34. The molecular weight excluding hydrogens is 330 g/mol. The van der Waals surface area contributed by atoms with Crippen LogP contribution < -0.4 is 0 Å². The molecule has 0 spiro atoms. The summed E-state index contributed by atoms with van der Waals surface area (Å²) in [6.45, 7) is 3.21. The fourth-order valence-electron chi connectivity index (χ4n) is 3.32. The molecule has 1 aliphatic rings. The van der Waals surface area contributed by atoms with Gasteiger partial charge in [-0.1, -0.05) is 15.9 Å². The van der Waals surface area contributed by atoms with E-state index in [0.29, 0.717) is 13.0 Å². The van der Waals surface area contributed by atoms with E-state index < -0.39 is 0 Å². The van der Waals surface area contributed by atoms with Crippen LogP contribution >= 0.6 is 15.9 Å². The third-order valence-corrected chi connectivity index (χ3v) is 4.65. The van der Waals surface area contributed by atoms with Crippen molar-refractivity contribution in [1.82, 2.24) is 4.57 Å². The van der Waals surface area contributed by atoms with E-state index in [-0.39, 0.29) is 5.97 Å². The van der Waals surface area contributed by atoms with Crippen LogP contribution in [-0.2, 0) is 28.9 Å². The Morgan fingerprint density at radius 3 is 3.05 bits per heavy atom. The highest BCUT2D eigenvalue weighted by atomic mass is 79.9. The van der Waals surface area contributed by atoms with Crippen molar-refractivity contribution in [2.45, 2.75) is 45.6 Å². The summed E-state index contributed by atoms with van der Waals surface area (Å²) in [5, 5.41) is 1.37. The zero-order chi connectivity index (χ0) is 14.8. The van der Waals surface area contributed by atoms with Crippen LogP contribution in [0.15, 0.2) is 22.7 Å². The van der Waals surface area contributed by atoms with Gasteiger partial charge in [-0.2, -0.15) is 0 Å².